The van der Waals surface area contributed by atoms with E-state index in [9.17, 15) is 9.59 Å². The molecule has 1 aliphatic carbocycles. The molecule has 2 rings (SSSR count). The van der Waals surface area contributed by atoms with Gasteiger partial charge in [-0.15, -0.1) is 0 Å². The van der Waals surface area contributed by atoms with Gasteiger partial charge >= 0.3 is 5.97 Å². The van der Waals surface area contributed by atoms with Crippen molar-refractivity contribution >= 4 is 11.9 Å². The lowest BCUT2D eigenvalue weighted by molar-refractivity contribution is -0.141. The third-order valence-electron chi connectivity index (χ3n) is 4.14. The van der Waals surface area contributed by atoms with Crippen molar-refractivity contribution in [1.29, 1.82) is 0 Å². The minimum Gasteiger partial charge on any atom is -0.497 e. The van der Waals surface area contributed by atoms with Crippen LogP contribution in [-0.4, -0.2) is 30.1 Å². The largest absolute Gasteiger partial charge is 0.497 e. The van der Waals surface area contributed by atoms with E-state index >= 15 is 0 Å². The standard InChI is InChI=1S/C16H21NO4/c1-10(11-4-7-14(21-2)8-5-11)15(18)17-13-6-3-12(9-13)16(19)20/h4-5,7-8,10,12-13H,3,6,9H2,1-2H3,(H,17,18)(H,19,20)/t10?,12-,13+/m1/s1. The van der Waals surface area contributed by atoms with Crippen LogP contribution in [0.15, 0.2) is 24.3 Å². The Balaban J connectivity index is 1.92. The Kier molecular flexibility index (Phi) is 4.83. The zero-order chi connectivity index (χ0) is 15.4. The molecule has 1 aromatic carbocycles. The quantitative estimate of drug-likeness (QED) is 0.871. The predicted molar refractivity (Wildman–Crippen MR) is 78.3 cm³/mol. The lowest BCUT2D eigenvalue weighted by Gasteiger charge is -2.17. The van der Waals surface area contributed by atoms with E-state index in [0.717, 1.165) is 17.7 Å². The molecule has 5 nitrogen and oxygen atoms in total. The van der Waals surface area contributed by atoms with Crippen molar-refractivity contribution in [2.24, 2.45) is 5.92 Å². The van der Waals surface area contributed by atoms with Crippen LogP contribution in [0.1, 0.15) is 37.7 Å². The molecule has 21 heavy (non-hydrogen) atoms. The van der Waals surface area contributed by atoms with Crippen LogP contribution < -0.4 is 10.1 Å². The van der Waals surface area contributed by atoms with Gasteiger partial charge in [0.25, 0.3) is 0 Å². The molecular formula is C16H21NO4. The Bertz CT molecular complexity index is 512. The van der Waals surface area contributed by atoms with E-state index in [2.05, 4.69) is 5.32 Å². The summed E-state index contributed by atoms with van der Waals surface area (Å²) in [7, 11) is 1.60. The van der Waals surface area contributed by atoms with Gasteiger partial charge in [-0.2, -0.15) is 0 Å². The zero-order valence-corrected chi connectivity index (χ0v) is 12.3. The molecular weight excluding hydrogens is 270 g/mol. The minimum atomic E-state index is -0.769. The molecule has 0 spiro atoms. The van der Waals surface area contributed by atoms with E-state index in [4.69, 9.17) is 9.84 Å². The van der Waals surface area contributed by atoms with E-state index in [1.807, 2.05) is 31.2 Å². The number of methoxy groups -OCH3 is 1. The number of rotatable bonds is 5. The highest BCUT2D eigenvalue weighted by molar-refractivity contribution is 5.83. The first-order valence-corrected chi connectivity index (χ1v) is 7.18. The number of ether oxygens (including phenoxy) is 1. The van der Waals surface area contributed by atoms with Crippen molar-refractivity contribution in [3.8, 4) is 5.75 Å². The number of nitrogens with one attached hydrogen (secondary N) is 1. The van der Waals surface area contributed by atoms with E-state index in [-0.39, 0.29) is 23.8 Å². The summed E-state index contributed by atoms with van der Waals surface area (Å²) >= 11 is 0. The van der Waals surface area contributed by atoms with Gasteiger partial charge in [-0.05, 0) is 43.9 Å². The number of benzene rings is 1. The van der Waals surface area contributed by atoms with Crippen molar-refractivity contribution in [1.82, 2.24) is 5.32 Å². The molecule has 1 amide bonds. The van der Waals surface area contributed by atoms with Crippen LogP contribution in [0.4, 0.5) is 0 Å². The first-order chi connectivity index (χ1) is 10.0. The number of carboxylic acids is 1. The van der Waals surface area contributed by atoms with Gasteiger partial charge in [0.15, 0.2) is 0 Å². The van der Waals surface area contributed by atoms with E-state index in [0.29, 0.717) is 12.8 Å². The molecule has 1 fully saturated rings. The van der Waals surface area contributed by atoms with Crippen molar-refractivity contribution in [3.05, 3.63) is 29.8 Å². The van der Waals surface area contributed by atoms with Crippen molar-refractivity contribution in [3.63, 3.8) is 0 Å². The third-order valence-corrected chi connectivity index (χ3v) is 4.14. The van der Waals surface area contributed by atoms with Crippen molar-refractivity contribution in [2.75, 3.05) is 7.11 Å². The van der Waals surface area contributed by atoms with E-state index in [1.54, 1.807) is 7.11 Å². The summed E-state index contributed by atoms with van der Waals surface area (Å²) in [6.45, 7) is 1.85. The smallest absolute Gasteiger partial charge is 0.306 e. The minimum absolute atomic E-state index is 0.0284. The second-order valence-electron chi connectivity index (χ2n) is 5.55. The molecule has 1 aliphatic rings. The Morgan fingerprint density at radius 2 is 1.95 bits per heavy atom. The SMILES string of the molecule is COc1ccc(C(C)C(=O)N[C@H]2CC[C@@H](C(=O)O)C2)cc1. The molecule has 0 heterocycles. The summed E-state index contributed by atoms with van der Waals surface area (Å²) < 4.78 is 5.10. The summed E-state index contributed by atoms with van der Waals surface area (Å²) in [6.07, 6.45) is 1.89. The molecule has 3 atom stereocenters. The summed E-state index contributed by atoms with van der Waals surface area (Å²) in [5.41, 5.74) is 0.918. The second kappa shape index (κ2) is 6.61. The summed E-state index contributed by atoms with van der Waals surface area (Å²) in [6, 6.07) is 7.37. The summed E-state index contributed by atoms with van der Waals surface area (Å²) in [5.74, 6) is -0.663. The number of carbonyl (C=O) groups is 2. The van der Waals surface area contributed by atoms with Gasteiger partial charge in [-0.1, -0.05) is 12.1 Å². The number of amides is 1. The lowest BCUT2D eigenvalue weighted by Crippen LogP contribution is -2.36. The van der Waals surface area contributed by atoms with Gasteiger partial charge in [0.05, 0.1) is 18.9 Å². The monoisotopic (exact) mass is 291 g/mol. The molecule has 1 aromatic rings. The zero-order valence-electron chi connectivity index (χ0n) is 12.3. The average molecular weight is 291 g/mol. The normalized spacial score (nSPS) is 22.6. The third kappa shape index (κ3) is 3.74. The maximum absolute atomic E-state index is 12.2. The van der Waals surface area contributed by atoms with E-state index < -0.39 is 5.97 Å². The Hall–Kier alpha value is -2.04. The van der Waals surface area contributed by atoms with Crippen LogP contribution in [0.5, 0.6) is 5.75 Å². The molecule has 0 bridgehead atoms. The highest BCUT2D eigenvalue weighted by Gasteiger charge is 2.31. The van der Waals surface area contributed by atoms with Crippen LogP contribution in [0.2, 0.25) is 0 Å². The highest BCUT2D eigenvalue weighted by atomic mass is 16.5. The Morgan fingerprint density at radius 1 is 1.29 bits per heavy atom. The summed E-state index contributed by atoms with van der Waals surface area (Å²) in [4.78, 5) is 23.2. The van der Waals surface area contributed by atoms with Crippen LogP contribution in [0, 0.1) is 5.92 Å². The fraction of sp³-hybridized carbons (Fsp3) is 0.500. The molecule has 0 saturated heterocycles. The Morgan fingerprint density at radius 3 is 2.48 bits per heavy atom. The van der Waals surface area contributed by atoms with Crippen molar-refractivity contribution < 1.29 is 19.4 Å². The second-order valence-corrected chi connectivity index (χ2v) is 5.55. The molecule has 1 saturated carbocycles. The number of carboxylic acid groups (broad SMARTS) is 1. The predicted octanol–water partition coefficient (Wildman–Crippen LogP) is 2.17. The molecule has 114 valence electrons. The average Bonchev–Trinajstić information content (AvgIpc) is 2.95. The number of aliphatic carboxylic acids is 1. The van der Waals surface area contributed by atoms with Gasteiger partial charge in [0.1, 0.15) is 5.75 Å². The first-order valence-electron chi connectivity index (χ1n) is 7.18. The van der Waals surface area contributed by atoms with Gasteiger partial charge in [-0.3, -0.25) is 9.59 Å². The molecule has 2 N–H and O–H groups in total. The Labute approximate surface area is 124 Å². The highest BCUT2D eigenvalue weighted by Crippen LogP contribution is 2.27. The van der Waals surface area contributed by atoms with E-state index in [1.165, 1.54) is 0 Å². The van der Waals surface area contributed by atoms with Crippen LogP contribution in [-0.2, 0) is 9.59 Å². The maximum atomic E-state index is 12.2. The van der Waals surface area contributed by atoms with Crippen LogP contribution in [0.3, 0.4) is 0 Å². The number of carbonyl (C=O) groups excluding carboxylic acids is 1. The number of hydrogen-bond donors (Lipinski definition) is 2. The molecule has 1 unspecified atom stereocenters. The number of hydrogen-bond acceptors (Lipinski definition) is 3. The molecule has 0 radical (unpaired) electrons. The lowest BCUT2D eigenvalue weighted by atomic mass is 9.99. The first kappa shape index (κ1) is 15.4. The fourth-order valence-corrected chi connectivity index (χ4v) is 2.71. The molecule has 0 aromatic heterocycles. The van der Waals surface area contributed by atoms with Gasteiger partial charge in [0, 0.05) is 6.04 Å². The fourth-order valence-electron chi connectivity index (χ4n) is 2.71. The van der Waals surface area contributed by atoms with Crippen LogP contribution in [0.25, 0.3) is 0 Å². The van der Waals surface area contributed by atoms with Crippen molar-refractivity contribution in [2.45, 2.75) is 38.1 Å². The van der Waals surface area contributed by atoms with Crippen LogP contribution >= 0.6 is 0 Å². The van der Waals surface area contributed by atoms with Gasteiger partial charge in [-0.25, -0.2) is 0 Å². The van der Waals surface area contributed by atoms with Gasteiger partial charge < -0.3 is 15.2 Å². The van der Waals surface area contributed by atoms with Gasteiger partial charge in [0.2, 0.25) is 5.91 Å². The topological polar surface area (TPSA) is 75.6 Å². The summed E-state index contributed by atoms with van der Waals surface area (Å²) in [5, 5.41) is 11.9. The maximum Gasteiger partial charge on any atom is 0.306 e. The molecule has 5 heteroatoms. The molecule has 0 aliphatic heterocycles.